The second-order valence-corrected chi connectivity index (χ2v) is 5.75. The summed E-state index contributed by atoms with van der Waals surface area (Å²) in [6.45, 7) is 4.86. The quantitative estimate of drug-likeness (QED) is 0.562. The fourth-order valence-corrected chi connectivity index (χ4v) is 2.27. The molecule has 1 atom stereocenters. The van der Waals surface area contributed by atoms with E-state index in [9.17, 15) is 4.79 Å². The summed E-state index contributed by atoms with van der Waals surface area (Å²) in [4.78, 5) is 12.0. The van der Waals surface area contributed by atoms with Crippen LogP contribution in [-0.4, -0.2) is 12.5 Å². The summed E-state index contributed by atoms with van der Waals surface area (Å²) in [6, 6.07) is 17.7. The molecule has 0 unspecified atom stereocenters. The van der Waals surface area contributed by atoms with Crippen molar-refractivity contribution >= 4 is 12.0 Å². The van der Waals surface area contributed by atoms with Crippen molar-refractivity contribution in [1.82, 2.24) is 5.32 Å². The molecular weight excluding hydrogens is 298 g/mol. The van der Waals surface area contributed by atoms with Crippen LogP contribution in [0.3, 0.4) is 0 Å². The van der Waals surface area contributed by atoms with Gasteiger partial charge in [0.15, 0.2) is 0 Å². The van der Waals surface area contributed by atoms with E-state index in [4.69, 9.17) is 4.74 Å². The maximum absolute atomic E-state index is 12.0. The van der Waals surface area contributed by atoms with Crippen molar-refractivity contribution in [3.05, 3.63) is 71.8 Å². The molecule has 126 valence electrons. The number of hydrogen-bond acceptors (Lipinski definition) is 2. The summed E-state index contributed by atoms with van der Waals surface area (Å²) >= 11 is 0. The van der Waals surface area contributed by atoms with E-state index < -0.39 is 0 Å². The van der Waals surface area contributed by atoms with Crippen LogP contribution in [-0.2, 0) is 4.79 Å². The molecule has 0 spiro atoms. The summed E-state index contributed by atoms with van der Waals surface area (Å²) in [6.07, 6.45) is 5.55. The van der Waals surface area contributed by atoms with Gasteiger partial charge in [0, 0.05) is 6.08 Å². The van der Waals surface area contributed by atoms with Crippen LogP contribution in [0.15, 0.2) is 60.7 Å². The van der Waals surface area contributed by atoms with Crippen LogP contribution in [0.2, 0.25) is 0 Å². The normalized spacial score (nSPS) is 12.1. The second kappa shape index (κ2) is 9.56. The third kappa shape index (κ3) is 5.92. The first-order valence-electron chi connectivity index (χ1n) is 8.45. The van der Waals surface area contributed by atoms with Crippen molar-refractivity contribution in [3.8, 4) is 5.75 Å². The number of ether oxygens (including phenoxy) is 1. The third-order valence-electron chi connectivity index (χ3n) is 3.73. The van der Waals surface area contributed by atoms with E-state index in [2.05, 4.69) is 12.2 Å². The molecule has 0 aliphatic heterocycles. The molecule has 2 aromatic rings. The smallest absolute Gasteiger partial charge is 0.244 e. The van der Waals surface area contributed by atoms with Gasteiger partial charge in [0.05, 0.1) is 12.6 Å². The Balaban J connectivity index is 1.84. The Morgan fingerprint density at radius 1 is 1.12 bits per heavy atom. The van der Waals surface area contributed by atoms with Gasteiger partial charge in [-0.3, -0.25) is 4.79 Å². The zero-order valence-corrected chi connectivity index (χ0v) is 14.4. The number of carbonyl (C=O) groups is 1. The van der Waals surface area contributed by atoms with Crippen molar-refractivity contribution < 1.29 is 9.53 Å². The van der Waals surface area contributed by atoms with Crippen molar-refractivity contribution in [3.63, 3.8) is 0 Å². The number of hydrogen-bond donors (Lipinski definition) is 1. The molecule has 0 bridgehead atoms. The molecule has 0 aliphatic carbocycles. The lowest BCUT2D eigenvalue weighted by Crippen LogP contribution is -2.24. The minimum absolute atomic E-state index is 0.0160. The summed E-state index contributed by atoms with van der Waals surface area (Å²) in [5.74, 6) is 0.761. The molecule has 0 fully saturated rings. The highest BCUT2D eigenvalue weighted by molar-refractivity contribution is 5.91. The van der Waals surface area contributed by atoms with E-state index in [0.29, 0.717) is 0 Å². The highest BCUT2D eigenvalue weighted by atomic mass is 16.5. The first kappa shape index (κ1) is 17.8. The van der Waals surface area contributed by atoms with Crippen molar-refractivity contribution in [1.29, 1.82) is 0 Å². The highest BCUT2D eigenvalue weighted by Crippen LogP contribution is 2.14. The van der Waals surface area contributed by atoms with Crippen LogP contribution < -0.4 is 10.1 Å². The molecule has 0 heterocycles. The first-order chi connectivity index (χ1) is 11.7. The number of rotatable bonds is 8. The van der Waals surface area contributed by atoms with E-state index >= 15 is 0 Å². The van der Waals surface area contributed by atoms with E-state index in [1.165, 1.54) is 0 Å². The number of amides is 1. The van der Waals surface area contributed by atoms with Gasteiger partial charge in [-0.2, -0.15) is 0 Å². The van der Waals surface area contributed by atoms with Gasteiger partial charge >= 0.3 is 0 Å². The Bertz CT molecular complexity index is 647. The molecule has 0 aromatic heterocycles. The van der Waals surface area contributed by atoms with Crippen molar-refractivity contribution in [2.75, 3.05) is 6.61 Å². The van der Waals surface area contributed by atoms with Gasteiger partial charge in [0.2, 0.25) is 5.91 Å². The number of nitrogens with one attached hydrogen (secondary N) is 1. The first-order valence-corrected chi connectivity index (χ1v) is 8.45. The van der Waals surface area contributed by atoms with Crippen molar-refractivity contribution in [2.24, 2.45) is 0 Å². The molecule has 2 rings (SSSR count). The SMILES string of the molecule is CCCCOc1ccc(/C=C/C(=O)N[C@@H](C)c2ccccc2)cc1. The van der Waals surface area contributed by atoms with Gasteiger partial charge in [-0.25, -0.2) is 0 Å². The second-order valence-electron chi connectivity index (χ2n) is 5.75. The predicted octanol–water partition coefficient (Wildman–Crippen LogP) is 4.76. The summed E-state index contributed by atoms with van der Waals surface area (Å²) in [7, 11) is 0. The van der Waals surface area contributed by atoms with Gasteiger partial charge in [0.25, 0.3) is 0 Å². The Morgan fingerprint density at radius 2 is 1.83 bits per heavy atom. The van der Waals surface area contributed by atoms with Crippen LogP contribution in [0.25, 0.3) is 6.08 Å². The third-order valence-corrected chi connectivity index (χ3v) is 3.73. The van der Waals surface area contributed by atoms with Gasteiger partial charge in [0.1, 0.15) is 5.75 Å². The lowest BCUT2D eigenvalue weighted by atomic mass is 10.1. The minimum atomic E-state index is -0.102. The average Bonchev–Trinajstić information content (AvgIpc) is 2.62. The fourth-order valence-electron chi connectivity index (χ4n) is 2.27. The van der Waals surface area contributed by atoms with E-state index in [0.717, 1.165) is 36.3 Å². The fraction of sp³-hybridized carbons (Fsp3) is 0.286. The Kier molecular flexibility index (Phi) is 7.09. The maximum atomic E-state index is 12.0. The molecule has 1 amide bonds. The van der Waals surface area contributed by atoms with Gasteiger partial charge in [-0.15, -0.1) is 0 Å². The summed E-state index contributed by atoms with van der Waals surface area (Å²) in [5.41, 5.74) is 2.06. The topological polar surface area (TPSA) is 38.3 Å². The molecule has 2 aromatic carbocycles. The van der Waals surface area contributed by atoms with Gasteiger partial charge < -0.3 is 10.1 Å². The summed E-state index contributed by atoms with van der Waals surface area (Å²) < 4.78 is 5.63. The van der Waals surface area contributed by atoms with Gasteiger partial charge in [-0.1, -0.05) is 55.8 Å². The van der Waals surface area contributed by atoms with Crippen molar-refractivity contribution in [2.45, 2.75) is 32.7 Å². The van der Waals surface area contributed by atoms with Crippen LogP contribution in [0.1, 0.15) is 43.9 Å². The summed E-state index contributed by atoms with van der Waals surface area (Å²) in [5, 5.41) is 2.96. The average molecular weight is 323 g/mol. The number of unbranched alkanes of at least 4 members (excludes halogenated alkanes) is 1. The lowest BCUT2D eigenvalue weighted by Gasteiger charge is -2.12. The number of carbonyl (C=O) groups excluding carboxylic acids is 1. The molecule has 0 radical (unpaired) electrons. The standard InChI is InChI=1S/C21H25NO2/c1-3-4-16-24-20-13-10-18(11-14-20)12-15-21(23)22-17(2)19-8-6-5-7-9-19/h5-15,17H,3-4,16H2,1-2H3,(H,22,23)/b15-12+/t17-/m0/s1. The monoisotopic (exact) mass is 323 g/mol. The molecule has 0 saturated carbocycles. The molecule has 3 heteroatoms. The molecule has 3 nitrogen and oxygen atoms in total. The maximum Gasteiger partial charge on any atom is 0.244 e. The molecule has 1 N–H and O–H groups in total. The number of benzene rings is 2. The zero-order chi connectivity index (χ0) is 17.2. The van der Waals surface area contributed by atoms with Gasteiger partial charge in [-0.05, 0) is 42.7 Å². The van der Waals surface area contributed by atoms with Crippen LogP contribution >= 0.6 is 0 Å². The van der Waals surface area contributed by atoms with E-state index in [-0.39, 0.29) is 11.9 Å². The predicted molar refractivity (Wildman–Crippen MR) is 98.9 cm³/mol. The van der Waals surface area contributed by atoms with Crippen LogP contribution in [0.4, 0.5) is 0 Å². The van der Waals surface area contributed by atoms with E-state index in [1.54, 1.807) is 6.08 Å². The Morgan fingerprint density at radius 3 is 2.50 bits per heavy atom. The Hall–Kier alpha value is -2.55. The molecule has 0 aliphatic rings. The van der Waals surface area contributed by atoms with E-state index in [1.807, 2.05) is 67.6 Å². The highest BCUT2D eigenvalue weighted by Gasteiger charge is 2.06. The largest absolute Gasteiger partial charge is 0.494 e. The van der Waals surface area contributed by atoms with Crippen LogP contribution in [0, 0.1) is 0 Å². The molecule has 0 saturated heterocycles. The zero-order valence-electron chi connectivity index (χ0n) is 14.4. The van der Waals surface area contributed by atoms with Crippen LogP contribution in [0.5, 0.6) is 5.75 Å². The Labute approximate surface area is 144 Å². The molecular formula is C21H25NO2. The molecule has 24 heavy (non-hydrogen) atoms. The minimum Gasteiger partial charge on any atom is -0.494 e. The lowest BCUT2D eigenvalue weighted by molar-refractivity contribution is -0.117.